The van der Waals surface area contributed by atoms with E-state index in [1.54, 1.807) is 0 Å². The third kappa shape index (κ3) is 9.53. The van der Waals surface area contributed by atoms with Gasteiger partial charge in [-0.3, -0.25) is 13.7 Å². The fourth-order valence-corrected chi connectivity index (χ4v) is 4.12. The van der Waals surface area contributed by atoms with E-state index in [2.05, 4.69) is 11.9 Å². The van der Waals surface area contributed by atoms with Crippen LogP contribution in [0.5, 0.6) is 0 Å². The summed E-state index contributed by atoms with van der Waals surface area (Å²) in [6, 6.07) is 0. The smallest absolute Gasteiger partial charge is 0.263 e. The summed E-state index contributed by atoms with van der Waals surface area (Å²) in [6.45, 7) is 0. The molecule has 0 aliphatic carbocycles. The van der Waals surface area contributed by atoms with Crippen molar-refractivity contribution in [1.29, 1.82) is 0 Å². The standard InChI is InChI=1S/H3O13PS3/c1-14(11-15(2,3)4,12-16(5,6)7)13-17(8,9)10/h(H,2,3,4)(H,5,6,7)(H,8,9,10). The Hall–Kier alpha value is -0.160. The van der Waals surface area contributed by atoms with E-state index in [-0.39, 0.29) is 0 Å². The van der Waals surface area contributed by atoms with Gasteiger partial charge in [-0.05, 0) is 0 Å². The molecule has 0 amide bonds. The lowest BCUT2D eigenvalue weighted by molar-refractivity contribution is 0.259. The van der Waals surface area contributed by atoms with Crippen LogP contribution < -0.4 is 0 Å². The van der Waals surface area contributed by atoms with E-state index in [4.69, 9.17) is 13.7 Å². The molecule has 0 aromatic rings. The number of hydrogen-bond acceptors (Lipinski definition) is 10. The second-order valence-corrected chi connectivity index (χ2v) is 7.20. The first-order valence-corrected chi connectivity index (χ1v) is 8.33. The summed E-state index contributed by atoms with van der Waals surface area (Å²) in [4.78, 5) is 0. The molecule has 0 unspecified atom stereocenters. The van der Waals surface area contributed by atoms with Crippen molar-refractivity contribution in [1.82, 2.24) is 0 Å². The first-order valence-electron chi connectivity index (χ1n) is 2.78. The van der Waals surface area contributed by atoms with Crippen molar-refractivity contribution < 1.29 is 55.4 Å². The normalized spacial score (nSPS) is 14.8. The van der Waals surface area contributed by atoms with Gasteiger partial charge in [0.15, 0.2) is 0 Å². The van der Waals surface area contributed by atoms with Crippen molar-refractivity contribution in [2.45, 2.75) is 0 Å². The van der Waals surface area contributed by atoms with Gasteiger partial charge in [0.05, 0.1) is 0 Å². The van der Waals surface area contributed by atoms with Gasteiger partial charge in [0.2, 0.25) is 0 Å². The maximum atomic E-state index is 11.0. The van der Waals surface area contributed by atoms with Crippen LogP contribution in [-0.2, 0) is 47.7 Å². The fourth-order valence-electron chi connectivity index (χ4n) is 0.383. The molecule has 0 rings (SSSR count). The molecule has 3 N–H and O–H groups in total. The molecular formula is H3O13PS3. The van der Waals surface area contributed by atoms with Gasteiger partial charge in [0.25, 0.3) is 0 Å². The zero-order chi connectivity index (χ0) is 14.1. The highest BCUT2D eigenvalue weighted by atomic mass is 32.3. The van der Waals surface area contributed by atoms with Crippen LogP contribution in [0.2, 0.25) is 0 Å². The van der Waals surface area contributed by atoms with E-state index in [9.17, 15) is 29.8 Å². The average molecular weight is 338 g/mol. The highest BCUT2D eigenvalue weighted by Gasteiger charge is 2.43. The predicted molar refractivity (Wildman–Crippen MR) is 45.5 cm³/mol. The molecule has 13 nitrogen and oxygen atoms in total. The molecule has 0 heterocycles. The van der Waals surface area contributed by atoms with E-state index in [0.717, 1.165) is 0 Å². The lowest BCUT2D eigenvalue weighted by Crippen LogP contribution is -2.13. The largest absolute Gasteiger partial charge is 0.524 e. The van der Waals surface area contributed by atoms with E-state index < -0.39 is 39.0 Å². The molecular weight excluding hydrogens is 335 g/mol. The maximum absolute atomic E-state index is 11.0. The second kappa shape index (κ2) is 4.84. The third-order valence-corrected chi connectivity index (χ3v) is 5.01. The van der Waals surface area contributed by atoms with Gasteiger partial charge in [-0.15, -0.1) is 11.9 Å². The average Bonchev–Trinajstić information content (AvgIpc) is 1.65. The molecule has 0 radical (unpaired) electrons. The molecule has 0 aromatic carbocycles. The first kappa shape index (κ1) is 16.8. The molecule has 17 heteroatoms. The summed E-state index contributed by atoms with van der Waals surface area (Å²) < 4.78 is 104. The summed E-state index contributed by atoms with van der Waals surface area (Å²) in [5.74, 6) is 0. The summed E-state index contributed by atoms with van der Waals surface area (Å²) in [6.07, 6.45) is 0. The molecule has 0 saturated carbocycles. The Bertz CT molecular complexity index is 522. The van der Waals surface area contributed by atoms with Gasteiger partial charge in [-0.1, -0.05) is 0 Å². The van der Waals surface area contributed by atoms with E-state index >= 15 is 0 Å². The van der Waals surface area contributed by atoms with E-state index in [0.29, 0.717) is 0 Å². The van der Waals surface area contributed by atoms with Crippen LogP contribution in [0.3, 0.4) is 0 Å². The molecule has 0 fully saturated rings. The van der Waals surface area contributed by atoms with Crippen molar-refractivity contribution in [3.8, 4) is 0 Å². The van der Waals surface area contributed by atoms with Gasteiger partial charge >= 0.3 is 39.0 Å². The first-order chi connectivity index (χ1) is 7.12. The Morgan fingerprint density at radius 3 is 0.941 bits per heavy atom. The molecule has 0 spiro atoms. The minimum Gasteiger partial charge on any atom is -0.263 e. The quantitative estimate of drug-likeness (QED) is 0.374. The summed E-state index contributed by atoms with van der Waals surface area (Å²) >= 11 is 0. The number of hydrogen-bond donors (Lipinski definition) is 3. The van der Waals surface area contributed by atoms with Crippen LogP contribution >= 0.6 is 7.82 Å². The molecule has 0 bridgehead atoms. The number of rotatable bonds is 6. The Morgan fingerprint density at radius 1 is 0.647 bits per heavy atom. The fraction of sp³-hybridized carbons (Fsp3) is 0. The van der Waals surface area contributed by atoms with E-state index in [1.807, 2.05) is 0 Å². The van der Waals surface area contributed by atoms with Crippen LogP contribution in [0.15, 0.2) is 0 Å². The molecule has 0 aliphatic heterocycles. The highest BCUT2D eigenvalue weighted by molar-refractivity contribution is 7.93. The van der Waals surface area contributed by atoms with Crippen molar-refractivity contribution in [2.24, 2.45) is 0 Å². The summed E-state index contributed by atoms with van der Waals surface area (Å²) in [5.41, 5.74) is 0. The third-order valence-electron chi connectivity index (χ3n) is 0.556. The van der Waals surface area contributed by atoms with Gasteiger partial charge in [0.1, 0.15) is 0 Å². The molecule has 0 aliphatic rings. The Kier molecular flexibility index (Phi) is 4.80. The minimum atomic E-state index is -6.10. The van der Waals surface area contributed by atoms with Crippen LogP contribution in [0.1, 0.15) is 0 Å². The summed E-state index contributed by atoms with van der Waals surface area (Å²) in [5, 5.41) is 0. The topological polar surface area (TPSA) is 208 Å². The lowest BCUT2D eigenvalue weighted by atomic mass is 15.7. The van der Waals surface area contributed by atoms with Gasteiger partial charge in [0, 0.05) is 0 Å². The van der Waals surface area contributed by atoms with Crippen molar-refractivity contribution >= 4 is 39.0 Å². The van der Waals surface area contributed by atoms with Crippen molar-refractivity contribution in [3.05, 3.63) is 0 Å². The van der Waals surface area contributed by atoms with Gasteiger partial charge < -0.3 is 0 Å². The SMILES string of the molecule is O=P(OS(=O)(=O)O)(OS(=O)(=O)O)OS(=O)(=O)O. The zero-order valence-electron chi connectivity index (χ0n) is 7.10. The Morgan fingerprint density at radius 2 is 0.824 bits per heavy atom. The molecule has 0 saturated heterocycles. The summed E-state index contributed by atoms with van der Waals surface area (Å²) in [7, 11) is -23.2. The Balaban J connectivity index is 5.46. The monoisotopic (exact) mass is 338 g/mol. The van der Waals surface area contributed by atoms with Crippen LogP contribution in [0.25, 0.3) is 0 Å². The van der Waals surface area contributed by atoms with Crippen LogP contribution in [-0.4, -0.2) is 38.9 Å². The van der Waals surface area contributed by atoms with E-state index in [1.165, 1.54) is 0 Å². The van der Waals surface area contributed by atoms with Gasteiger partial charge in [-0.2, -0.15) is 25.3 Å². The van der Waals surface area contributed by atoms with Crippen LogP contribution in [0, 0.1) is 0 Å². The predicted octanol–water partition coefficient (Wildman–Crippen LogP) is -1.45. The lowest BCUT2D eigenvalue weighted by Gasteiger charge is -2.10. The van der Waals surface area contributed by atoms with Crippen molar-refractivity contribution in [3.63, 3.8) is 0 Å². The van der Waals surface area contributed by atoms with Crippen molar-refractivity contribution in [2.75, 3.05) is 0 Å². The Labute approximate surface area is 94.8 Å². The molecule has 0 aromatic heterocycles. The number of phosphoric acid groups is 1. The molecule has 17 heavy (non-hydrogen) atoms. The highest BCUT2D eigenvalue weighted by Crippen LogP contribution is 2.53. The van der Waals surface area contributed by atoms with Gasteiger partial charge in [-0.25, -0.2) is 4.57 Å². The zero-order valence-corrected chi connectivity index (χ0v) is 10.4. The molecule has 104 valence electrons. The van der Waals surface area contributed by atoms with Crippen LogP contribution in [0.4, 0.5) is 0 Å². The minimum absolute atomic E-state index is 2.94. The maximum Gasteiger partial charge on any atom is 0.524 e. The molecule has 0 atom stereocenters. The second-order valence-electron chi connectivity index (χ2n) is 1.95.